The molecule has 1 rings (SSSR count). The maximum absolute atomic E-state index is 12.0. The zero-order valence-corrected chi connectivity index (χ0v) is 13.1. The van der Waals surface area contributed by atoms with E-state index in [1.807, 2.05) is 12.1 Å². The van der Waals surface area contributed by atoms with Crippen LogP contribution in [0.5, 0.6) is 0 Å². The van der Waals surface area contributed by atoms with Crippen molar-refractivity contribution in [1.82, 2.24) is 0 Å². The van der Waals surface area contributed by atoms with E-state index in [1.165, 1.54) is 12.7 Å². The Bertz CT molecular complexity index is 456. The third-order valence-corrected chi connectivity index (χ3v) is 3.31. The highest BCUT2D eigenvalue weighted by Crippen LogP contribution is 2.28. The number of ether oxygens (including phenoxy) is 1. The Hall–Kier alpha value is -1.39. The lowest BCUT2D eigenvalue weighted by Crippen LogP contribution is -2.39. The summed E-state index contributed by atoms with van der Waals surface area (Å²) in [5.41, 5.74) is 8.98. The molecule has 4 heteroatoms. The van der Waals surface area contributed by atoms with E-state index in [2.05, 4.69) is 39.1 Å². The van der Waals surface area contributed by atoms with Gasteiger partial charge in [-0.25, -0.2) is 0 Å². The van der Waals surface area contributed by atoms with Crippen molar-refractivity contribution in [2.45, 2.75) is 45.6 Å². The Morgan fingerprint density at radius 2 is 1.90 bits per heavy atom. The average molecular weight is 278 g/mol. The van der Waals surface area contributed by atoms with Crippen LogP contribution in [0.3, 0.4) is 0 Å². The van der Waals surface area contributed by atoms with Crippen LogP contribution >= 0.6 is 0 Å². The molecule has 0 bridgehead atoms. The van der Waals surface area contributed by atoms with Gasteiger partial charge in [-0.2, -0.15) is 0 Å². The molecule has 1 atom stereocenters. The van der Waals surface area contributed by atoms with Crippen molar-refractivity contribution >= 4 is 11.6 Å². The van der Waals surface area contributed by atoms with Crippen LogP contribution in [0.15, 0.2) is 18.2 Å². The first-order valence-electron chi connectivity index (χ1n) is 7.06. The predicted molar refractivity (Wildman–Crippen MR) is 83.1 cm³/mol. The molecule has 112 valence electrons. The molecular weight excluding hydrogens is 252 g/mol. The number of carbonyl (C=O) groups is 1. The number of hydrogen-bond acceptors (Lipinski definition) is 3. The summed E-state index contributed by atoms with van der Waals surface area (Å²) < 4.78 is 4.90. The second kappa shape index (κ2) is 7.41. The molecule has 0 aliphatic carbocycles. The van der Waals surface area contributed by atoms with Crippen LogP contribution in [0.25, 0.3) is 0 Å². The lowest BCUT2D eigenvalue weighted by Gasteiger charge is -2.18. The molecule has 0 fully saturated rings. The topological polar surface area (TPSA) is 64.3 Å². The van der Waals surface area contributed by atoms with Crippen molar-refractivity contribution in [3.8, 4) is 0 Å². The van der Waals surface area contributed by atoms with E-state index in [0.29, 0.717) is 11.8 Å². The van der Waals surface area contributed by atoms with Crippen molar-refractivity contribution in [3.63, 3.8) is 0 Å². The van der Waals surface area contributed by atoms with Gasteiger partial charge in [-0.3, -0.25) is 4.79 Å². The van der Waals surface area contributed by atoms with E-state index in [0.717, 1.165) is 11.3 Å². The van der Waals surface area contributed by atoms with Gasteiger partial charge < -0.3 is 15.8 Å². The predicted octanol–water partition coefficient (Wildman–Crippen LogP) is 2.85. The number of hydrogen-bond donors (Lipinski definition) is 2. The molecule has 4 nitrogen and oxygen atoms in total. The summed E-state index contributed by atoms with van der Waals surface area (Å²) in [4.78, 5) is 12.0. The van der Waals surface area contributed by atoms with Crippen molar-refractivity contribution in [3.05, 3.63) is 29.3 Å². The lowest BCUT2D eigenvalue weighted by molar-refractivity contribution is -0.118. The average Bonchev–Trinajstić information content (AvgIpc) is 2.38. The van der Waals surface area contributed by atoms with E-state index in [1.54, 1.807) is 0 Å². The van der Waals surface area contributed by atoms with Gasteiger partial charge in [0.15, 0.2) is 0 Å². The summed E-state index contributed by atoms with van der Waals surface area (Å²) in [5, 5.41) is 2.90. The molecule has 1 aromatic carbocycles. The zero-order valence-electron chi connectivity index (χ0n) is 13.1. The first-order chi connectivity index (χ1) is 9.36. The van der Waals surface area contributed by atoms with E-state index in [9.17, 15) is 4.79 Å². The second-order valence-corrected chi connectivity index (χ2v) is 5.71. The van der Waals surface area contributed by atoms with Crippen LogP contribution in [-0.2, 0) is 9.53 Å². The van der Waals surface area contributed by atoms with Crippen molar-refractivity contribution in [1.29, 1.82) is 0 Å². The summed E-state index contributed by atoms with van der Waals surface area (Å²) in [5.74, 6) is 0.585. The SMILES string of the molecule is COCC(N)C(=O)Nc1ccc(C(C)C)cc1C(C)C. The fourth-order valence-electron chi connectivity index (χ4n) is 2.01. The van der Waals surface area contributed by atoms with Crippen molar-refractivity contribution < 1.29 is 9.53 Å². The Morgan fingerprint density at radius 3 is 2.40 bits per heavy atom. The second-order valence-electron chi connectivity index (χ2n) is 5.71. The number of carbonyl (C=O) groups excluding carboxylic acids is 1. The van der Waals surface area contributed by atoms with Crippen LogP contribution in [0.1, 0.15) is 50.7 Å². The molecule has 3 N–H and O–H groups in total. The Kier molecular flexibility index (Phi) is 6.17. The smallest absolute Gasteiger partial charge is 0.243 e. The molecule has 1 unspecified atom stereocenters. The number of methoxy groups -OCH3 is 1. The highest BCUT2D eigenvalue weighted by molar-refractivity contribution is 5.95. The van der Waals surface area contributed by atoms with Crippen molar-refractivity contribution in [2.24, 2.45) is 5.73 Å². The van der Waals surface area contributed by atoms with Gasteiger partial charge in [-0.15, -0.1) is 0 Å². The first-order valence-corrected chi connectivity index (χ1v) is 7.06. The van der Waals surface area contributed by atoms with E-state index in [-0.39, 0.29) is 12.5 Å². The number of nitrogens with one attached hydrogen (secondary N) is 1. The number of nitrogens with two attached hydrogens (primary N) is 1. The largest absolute Gasteiger partial charge is 0.383 e. The van der Waals surface area contributed by atoms with Crippen LogP contribution in [0.2, 0.25) is 0 Å². The Morgan fingerprint density at radius 1 is 1.25 bits per heavy atom. The minimum atomic E-state index is -0.648. The maximum atomic E-state index is 12.0. The highest BCUT2D eigenvalue weighted by Gasteiger charge is 2.16. The van der Waals surface area contributed by atoms with Gasteiger partial charge in [-0.1, -0.05) is 39.8 Å². The molecule has 1 aromatic rings. The minimum Gasteiger partial charge on any atom is -0.383 e. The quantitative estimate of drug-likeness (QED) is 0.841. The fourth-order valence-corrected chi connectivity index (χ4v) is 2.01. The maximum Gasteiger partial charge on any atom is 0.243 e. The highest BCUT2D eigenvalue weighted by atomic mass is 16.5. The summed E-state index contributed by atoms with van der Waals surface area (Å²) in [6, 6.07) is 5.52. The molecule has 0 heterocycles. The summed E-state index contributed by atoms with van der Waals surface area (Å²) >= 11 is 0. The van der Waals surface area contributed by atoms with Gasteiger partial charge >= 0.3 is 0 Å². The molecule has 0 aliphatic rings. The monoisotopic (exact) mass is 278 g/mol. The number of amides is 1. The molecule has 20 heavy (non-hydrogen) atoms. The van der Waals surface area contributed by atoms with Crippen LogP contribution in [0.4, 0.5) is 5.69 Å². The lowest BCUT2D eigenvalue weighted by atomic mass is 9.94. The standard InChI is InChI=1S/C16H26N2O2/c1-10(2)12-6-7-15(13(8-12)11(3)4)18-16(19)14(17)9-20-5/h6-8,10-11,14H,9,17H2,1-5H3,(H,18,19). The molecule has 1 amide bonds. The van der Waals surface area contributed by atoms with E-state index in [4.69, 9.17) is 10.5 Å². The number of anilines is 1. The Balaban J connectivity index is 2.97. The molecule has 0 spiro atoms. The van der Waals surface area contributed by atoms with Gasteiger partial charge in [0.1, 0.15) is 6.04 Å². The van der Waals surface area contributed by atoms with E-state index >= 15 is 0 Å². The molecule has 0 aromatic heterocycles. The molecular formula is C16H26N2O2. The van der Waals surface area contributed by atoms with Gasteiger partial charge in [0.25, 0.3) is 0 Å². The fraction of sp³-hybridized carbons (Fsp3) is 0.562. The third-order valence-electron chi connectivity index (χ3n) is 3.31. The van der Waals surface area contributed by atoms with Crippen molar-refractivity contribution in [2.75, 3.05) is 19.0 Å². The van der Waals surface area contributed by atoms with Crippen LogP contribution in [0, 0.1) is 0 Å². The molecule has 0 saturated heterocycles. The minimum absolute atomic E-state index is 0.215. The molecule has 0 aliphatic heterocycles. The summed E-state index contributed by atoms with van der Waals surface area (Å²) in [6.45, 7) is 8.76. The van der Waals surface area contributed by atoms with Crippen LogP contribution < -0.4 is 11.1 Å². The van der Waals surface area contributed by atoms with Gasteiger partial charge in [-0.05, 0) is 29.0 Å². The Labute approximate surface area is 121 Å². The summed E-state index contributed by atoms with van der Waals surface area (Å²) in [6.07, 6.45) is 0. The normalized spacial score (nSPS) is 12.8. The van der Waals surface area contributed by atoms with Gasteiger partial charge in [0.05, 0.1) is 6.61 Å². The zero-order chi connectivity index (χ0) is 15.3. The van der Waals surface area contributed by atoms with E-state index < -0.39 is 6.04 Å². The molecule has 0 saturated carbocycles. The summed E-state index contributed by atoms with van der Waals surface area (Å²) in [7, 11) is 1.53. The number of benzene rings is 1. The molecule has 0 radical (unpaired) electrons. The van der Waals surface area contributed by atoms with Gasteiger partial charge in [0.2, 0.25) is 5.91 Å². The number of rotatable bonds is 6. The first kappa shape index (κ1) is 16.7. The van der Waals surface area contributed by atoms with Crippen LogP contribution in [-0.4, -0.2) is 25.7 Å². The third kappa shape index (κ3) is 4.32. The van der Waals surface area contributed by atoms with Gasteiger partial charge in [0, 0.05) is 12.8 Å².